The fourth-order valence-corrected chi connectivity index (χ4v) is 3.40. The highest BCUT2D eigenvalue weighted by Gasteiger charge is 2.32. The van der Waals surface area contributed by atoms with Gasteiger partial charge in [-0.05, 0) is 46.0 Å². The minimum atomic E-state index is 0.130. The Morgan fingerprint density at radius 3 is 2.18 bits per heavy atom. The van der Waals surface area contributed by atoms with Gasteiger partial charge in [-0.2, -0.15) is 12.6 Å². The van der Waals surface area contributed by atoms with Gasteiger partial charge in [-0.1, -0.05) is 40.7 Å². The summed E-state index contributed by atoms with van der Waals surface area (Å²) in [7, 11) is 0. The number of hydrogen-bond acceptors (Lipinski definition) is 3. The van der Waals surface area contributed by atoms with E-state index in [1.165, 1.54) is 12.1 Å². The van der Waals surface area contributed by atoms with Gasteiger partial charge >= 0.3 is 0 Å². The molecule has 0 aliphatic carbocycles. The Morgan fingerprint density at radius 2 is 1.77 bits per heavy atom. The molecule has 0 aromatic heterocycles. The van der Waals surface area contributed by atoms with E-state index < -0.39 is 0 Å². The average Bonchev–Trinajstić information content (AvgIpc) is 2.43. The third-order valence-electron chi connectivity index (χ3n) is 5.27. The molecule has 0 spiro atoms. The summed E-state index contributed by atoms with van der Waals surface area (Å²) in [6.07, 6.45) is 4.12. The summed E-state index contributed by atoms with van der Waals surface area (Å²) in [6, 6.07) is 0.474. The molecule has 0 saturated carbocycles. The fraction of sp³-hybridized carbons (Fsp3) is 0.842. The highest BCUT2D eigenvalue weighted by molar-refractivity contribution is 7.81. The van der Waals surface area contributed by atoms with Crippen molar-refractivity contribution >= 4 is 18.3 Å². The maximum atomic E-state index is 7.58. The minimum absolute atomic E-state index is 0.130. The highest BCUT2D eigenvalue weighted by Crippen LogP contribution is 2.38. The van der Waals surface area contributed by atoms with Crippen LogP contribution in [-0.2, 0) is 0 Å². The number of rotatable bonds is 11. The molecule has 0 aromatic rings. The lowest BCUT2D eigenvalue weighted by molar-refractivity contribution is 0.161. The Balaban J connectivity index is 4.74. The van der Waals surface area contributed by atoms with Crippen molar-refractivity contribution in [3.8, 4) is 0 Å². The Kier molecular flexibility index (Phi) is 9.45. The van der Waals surface area contributed by atoms with E-state index in [-0.39, 0.29) is 5.41 Å². The Hall–Kier alpha value is -0.440. The van der Waals surface area contributed by atoms with Crippen molar-refractivity contribution in [2.75, 3.05) is 6.54 Å². The van der Waals surface area contributed by atoms with Gasteiger partial charge in [-0.15, -0.1) is 0 Å². The van der Waals surface area contributed by atoms with Gasteiger partial charge in [0.05, 0.1) is 0 Å². The molecule has 0 rings (SSSR count). The summed E-state index contributed by atoms with van der Waals surface area (Å²) in [4.78, 5) is 2.46. The SMILES string of the molecule is C=C(N(CC)C(C)CCC(S)CC(C)=N)C(C)(C)C(C)CC. The van der Waals surface area contributed by atoms with Crippen LogP contribution >= 0.6 is 12.6 Å². The second-order valence-corrected chi connectivity index (χ2v) is 8.06. The fourth-order valence-electron chi connectivity index (χ4n) is 2.98. The van der Waals surface area contributed by atoms with Crippen molar-refractivity contribution in [1.82, 2.24) is 4.90 Å². The number of nitrogens with one attached hydrogen (secondary N) is 1. The van der Waals surface area contributed by atoms with Gasteiger partial charge < -0.3 is 10.3 Å². The zero-order valence-corrected chi connectivity index (χ0v) is 16.8. The van der Waals surface area contributed by atoms with E-state index in [0.29, 0.717) is 17.2 Å². The largest absolute Gasteiger partial charge is 0.372 e. The molecule has 0 aliphatic rings. The first-order chi connectivity index (χ1) is 10.1. The molecule has 0 aliphatic heterocycles. The average molecular weight is 327 g/mol. The monoisotopic (exact) mass is 326 g/mol. The molecule has 3 atom stereocenters. The first kappa shape index (κ1) is 21.6. The second kappa shape index (κ2) is 9.64. The van der Waals surface area contributed by atoms with Crippen molar-refractivity contribution in [1.29, 1.82) is 5.41 Å². The van der Waals surface area contributed by atoms with Crippen LogP contribution in [0.1, 0.15) is 74.1 Å². The summed E-state index contributed by atoms with van der Waals surface area (Å²) in [6.45, 7) is 21.0. The van der Waals surface area contributed by atoms with Gasteiger partial charge in [0.2, 0.25) is 0 Å². The summed E-state index contributed by atoms with van der Waals surface area (Å²) in [5.41, 5.74) is 2.11. The lowest BCUT2D eigenvalue weighted by Gasteiger charge is -2.43. The molecular formula is C19H38N2S. The molecule has 0 bridgehead atoms. The van der Waals surface area contributed by atoms with Crippen LogP contribution in [0, 0.1) is 16.7 Å². The summed E-state index contributed by atoms with van der Waals surface area (Å²) >= 11 is 4.62. The Labute approximate surface area is 144 Å². The molecule has 0 radical (unpaired) electrons. The van der Waals surface area contributed by atoms with Crippen LogP contribution in [0.4, 0.5) is 0 Å². The van der Waals surface area contributed by atoms with Crippen LogP contribution in [0.25, 0.3) is 0 Å². The Morgan fingerprint density at radius 1 is 1.23 bits per heavy atom. The summed E-state index contributed by atoms with van der Waals surface area (Å²) in [5.74, 6) is 0.624. The first-order valence-corrected chi connectivity index (χ1v) is 9.27. The molecule has 3 heteroatoms. The van der Waals surface area contributed by atoms with Crippen LogP contribution in [0.15, 0.2) is 12.3 Å². The van der Waals surface area contributed by atoms with Crippen molar-refractivity contribution in [2.45, 2.75) is 85.4 Å². The van der Waals surface area contributed by atoms with Crippen molar-refractivity contribution in [3.05, 3.63) is 12.3 Å². The summed E-state index contributed by atoms with van der Waals surface area (Å²) in [5, 5.41) is 7.88. The molecule has 130 valence electrons. The van der Waals surface area contributed by atoms with E-state index in [2.05, 4.69) is 65.7 Å². The van der Waals surface area contributed by atoms with Gasteiger partial charge in [0, 0.05) is 34.7 Å². The molecule has 0 fully saturated rings. The van der Waals surface area contributed by atoms with E-state index in [1.807, 2.05) is 6.92 Å². The normalized spacial score (nSPS) is 16.0. The maximum absolute atomic E-state index is 7.58. The van der Waals surface area contributed by atoms with Crippen molar-refractivity contribution < 1.29 is 0 Å². The van der Waals surface area contributed by atoms with E-state index in [0.717, 1.165) is 31.5 Å². The number of nitrogens with zero attached hydrogens (tertiary/aromatic N) is 1. The summed E-state index contributed by atoms with van der Waals surface area (Å²) < 4.78 is 0. The smallest absolute Gasteiger partial charge is 0.0258 e. The highest BCUT2D eigenvalue weighted by atomic mass is 32.1. The molecular weight excluding hydrogens is 288 g/mol. The molecule has 3 unspecified atom stereocenters. The molecule has 0 heterocycles. The number of hydrogen-bond donors (Lipinski definition) is 2. The van der Waals surface area contributed by atoms with Gasteiger partial charge in [0.15, 0.2) is 0 Å². The van der Waals surface area contributed by atoms with Crippen LogP contribution in [-0.4, -0.2) is 28.4 Å². The third-order valence-corrected chi connectivity index (χ3v) is 5.71. The van der Waals surface area contributed by atoms with Crippen LogP contribution in [0.3, 0.4) is 0 Å². The number of allylic oxidation sites excluding steroid dienone is 1. The standard InChI is InChI=1S/C19H38N2S/c1-9-14(3)19(7,8)17(6)21(10-2)16(5)11-12-18(22)13-15(4)20/h14,16,18,20,22H,6,9-13H2,1-5,7-8H3. The van der Waals surface area contributed by atoms with E-state index in [9.17, 15) is 0 Å². The van der Waals surface area contributed by atoms with Crippen LogP contribution in [0.2, 0.25) is 0 Å². The molecule has 1 N–H and O–H groups in total. The molecule has 22 heavy (non-hydrogen) atoms. The first-order valence-electron chi connectivity index (χ1n) is 8.75. The molecule has 0 aromatic carbocycles. The van der Waals surface area contributed by atoms with Crippen LogP contribution < -0.4 is 0 Å². The quantitative estimate of drug-likeness (QED) is 0.365. The van der Waals surface area contributed by atoms with E-state index in [1.54, 1.807) is 0 Å². The van der Waals surface area contributed by atoms with Gasteiger partial charge in [-0.25, -0.2) is 0 Å². The molecule has 2 nitrogen and oxygen atoms in total. The van der Waals surface area contributed by atoms with Crippen molar-refractivity contribution in [2.24, 2.45) is 11.3 Å². The number of thiol groups is 1. The van der Waals surface area contributed by atoms with Crippen LogP contribution in [0.5, 0.6) is 0 Å². The zero-order chi connectivity index (χ0) is 17.5. The predicted octanol–water partition coefficient (Wildman–Crippen LogP) is 5.79. The lowest BCUT2D eigenvalue weighted by atomic mass is 9.75. The van der Waals surface area contributed by atoms with Gasteiger partial charge in [0.25, 0.3) is 0 Å². The third kappa shape index (κ3) is 6.36. The second-order valence-electron chi connectivity index (χ2n) is 7.33. The van der Waals surface area contributed by atoms with Gasteiger partial charge in [0.1, 0.15) is 0 Å². The zero-order valence-electron chi connectivity index (χ0n) is 15.9. The maximum Gasteiger partial charge on any atom is 0.0258 e. The Bertz CT molecular complexity index is 362. The topological polar surface area (TPSA) is 27.1 Å². The van der Waals surface area contributed by atoms with E-state index in [4.69, 9.17) is 5.41 Å². The molecule has 0 amide bonds. The minimum Gasteiger partial charge on any atom is -0.372 e. The predicted molar refractivity (Wildman–Crippen MR) is 104 cm³/mol. The lowest BCUT2D eigenvalue weighted by Crippen LogP contribution is -2.40. The van der Waals surface area contributed by atoms with E-state index >= 15 is 0 Å². The van der Waals surface area contributed by atoms with Crippen molar-refractivity contribution in [3.63, 3.8) is 0 Å². The molecule has 0 saturated heterocycles. The van der Waals surface area contributed by atoms with Gasteiger partial charge in [-0.3, -0.25) is 0 Å².